The first kappa shape index (κ1) is 19.8. The van der Waals surface area contributed by atoms with Crippen molar-refractivity contribution in [3.63, 3.8) is 0 Å². The number of aromatic nitrogens is 3. The summed E-state index contributed by atoms with van der Waals surface area (Å²) < 4.78 is 72.6. The number of hydrogen-bond acceptors (Lipinski definition) is 5. The number of hydrogen-bond donors (Lipinski definition) is 0. The van der Waals surface area contributed by atoms with Crippen LogP contribution in [0.5, 0.6) is 0 Å². The normalized spacial score (nSPS) is 12.6. The molecule has 3 aromatic rings. The fourth-order valence-electron chi connectivity index (χ4n) is 2.69. The van der Waals surface area contributed by atoms with Crippen LogP contribution in [0.15, 0.2) is 24.4 Å². The second-order valence-electron chi connectivity index (χ2n) is 6.14. The number of carbonyl (C=O) groups excluding carboxylic acids is 1. The van der Waals surface area contributed by atoms with E-state index < -0.39 is 23.8 Å². The number of fused-ring (bicyclic) bond motifs is 3. The van der Waals surface area contributed by atoms with Crippen molar-refractivity contribution >= 4 is 28.3 Å². The highest BCUT2D eigenvalue weighted by atomic mass is 19.4. The number of halogens is 5. The smallest absolute Gasteiger partial charge is 0.459 e. The number of nitrogens with zero attached hydrogens (tertiary/aromatic N) is 4. The Morgan fingerprint density at radius 3 is 2.43 bits per heavy atom. The van der Waals surface area contributed by atoms with Crippen LogP contribution in [-0.4, -0.2) is 47.2 Å². The minimum absolute atomic E-state index is 0.0957. The Morgan fingerprint density at radius 2 is 1.86 bits per heavy atom. The third-order valence-electron chi connectivity index (χ3n) is 4.02. The summed E-state index contributed by atoms with van der Waals surface area (Å²) in [7, 11) is 3.01. The van der Waals surface area contributed by atoms with Crippen molar-refractivity contribution in [3.8, 4) is 0 Å². The van der Waals surface area contributed by atoms with Gasteiger partial charge in [-0.05, 0) is 25.1 Å². The molecule has 0 atom stereocenters. The van der Waals surface area contributed by atoms with Crippen LogP contribution < -0.4 is 4.90 Å². The maximum Gasteiger partial charge on any atom is 0.459 e. The first-order valence-electron chi connectivity index (χ1n) is 8.09. The fourth-order valence-corrected chi connectivity index (χ4v) is 2.69. The number of anilines is 1. The highest BCUT2D eigenvalue weighted by Gasteiger charge is 2.60. The lowest BCUT2D eigenvalue weighted by Gasteiger charge is -2.22. The summed E-state index contributed by atoms with van der Waals surface area (Å²) in [4.78, 5) is 20.9. The molecule has 3 heterocycles. The second kappa shape index (κ2) is 6.57. The van der Waals surface area contributed by atoms with Crippen molar-refractivity contribution < 1.29 is 31.5 Å². The molecule has 0 saturated carbocycles. The van der Waals surface area contributed by atoms with Crippen molar-refractivity contribution in [2.75, 3.05) is 25.6 Å². The molecule has 3 aromatic heterocycles. The van der Waals surface area contributed by atoms with Gasteiger partial charge in [-0.25, -0.2) is 14.8 Å². The van der Waals surface area contributed by atoms with Gasteiger partial charge >= 0.3 is 18.1 Å². The van der Waals surface area contributed by atoms with Crippen LogP contribution in [0, 0.1) is 0 Å². The van der Waals surface area contributed by atoms with E-state index in [1.165, 1.54) is 41.7 Å². The van der Waals surface area contributed by atoms with Crippen LogP contribution in [0.2, 0.25) is 0 Å². The quantitative estimate of drug-likeness (QED) is 0.491. The van der Waals surface area contributed by atoms with Gasteiger partial charge < -0.3 is 9.64 Å². The minimum atomic E-state index is -5.81. The summed E-state index contributed by atoms with van der Waals surface area (Å²) in [6, 6.07) is 3.69. The van der Waals surface area contributed by atoms with Gasteiger partial charge in [0.25, 0.3) is 0 Å². The molecule has 0 unspecified atom stereocenters. The summed E-state index contributed by atoms with van der Waals surface area (Å²) in [5.41, 5.74) is -1.49. The Bertz CT molecular complexity index is 1060. The molecule has 0 amide bonds. The van der Waals surface area contributed by atoms with E-state index in [1.54, 1.807) is 6.92 Å². The number of pyridine rings is 2. The number of imidazole rings is 1. The Labute approximate surface area is 155 Å². The predicted molar refractivity (Wildman–Crippen MR) is 90.7 cm³/mol. The van der Waals surface area contributed by atoms with Crippen molar-refractivity contribution in [2.45, 2.75) is 19.0 Å². The lowest BCUT2D eigenvalue weighted by Crippen LogP contribution is -2.34. The first-order valence-corrected chi connectivity index (χ1v) is 8.09. The van der Waals surface area contributed by atoms with Crippen LogP contribution in [0.4, 0.5) is 27.6 Å². The van der Waals surface area contributed by atoms with Gasteiger partial charge in [0, 0.05) is 31.4 Å². The molecule has 0 spiro atoms. The number of esters is 1. The van der Waals surface area contributed by atoms with Crippen molar-refractivity contribution in [1.29, 1.82) is 0 Å². The Kier molecular flexibility index (Phi) is 4.64. The third-order valence-corrected chi connectivity index (χ3v) is 4.02. The van der Waals surface area contributed by atoms with Crippen molar-refractivity contribution in [2.24, 2.45) is 0 Å². The minimum Gasteiger partial charge on any atom is -0.461 e. The number of alkyl halides is 5. The van der Waals surface area contributed by atoms with Crippen LogP contribution in [0.25, 0.3) is 16.7 Å². The zero-order valence-corrected chi connectivity index (χ0v) is 15.0. The van der Waals surface area contributed by atoms with Crippen LogP contribution in [0.3, 0.4) is 0 Å². The topological polar surface area (TPSA) is 59.7 Å². The summed E-state index contributed by atoms with van der Waals surface area (Å²) in [6.45, 7) is 1.69. The molecule has 11 heteroatoms. The van der Waals surface area contributed by atoms with Gasteiger partial charge in [0.05, 0.1) is 6.61 Å². The SMILES string of the molecule is CCOC(=O)c1cn2c(ccc3c(N(C)C)cc(C(F)(F)C(F)(F)F)nc32)n1. The maximum absolute atomic E-state index is 14.0. The fraction of sp³-hybridized carbons (Fsp3) is 0.353. The van der Waals surface area contributed by atoms with E-state index in [-0.39, 0.29) is 29.3 Å². The summed E-state index contributed by atoms with van der Waals surface area (Å²) >= 11 is 0. The molecular formula is C17H15F5N4O2. The van der Waals surface area contributed by atoms with E-state index in [4.69, 9.17) is 4.74 Å². The summed E-state index contributed by atoms with van der Waals surface area (Å²) in [5, 5.41) is 0.312. The van der Waals surface area contributed by atoms with E-state index in [9.17, 15) is 26.7 Å². The molecule has 0 N–H and O–H groups in total. The molecule has 0 saturated heterocycles. The van der Waals surface area contributed by atoms with Crippen molar-refractivity contribution in [1.82, 2.24) is 14.4 Å². The van der Waals surface area contributed by atoms with E-state index in [2.05, 4.69) is 9.97 Å². The van der Waals surface area contributed by atoms with Gasteiger partial charge in [-0.2, -0.15) is 22.0 Å². The molecule has 150 valence electrons. The average molecular weight is 402 g/mol. The lowest BCUT2D eigenvalue weighted by atomic mass is 10.1. The first-order chi connectivity index (χ1) is 13.0. The van der Waals surface area contributed by atoms with Gasteiger partial charge in [-0.15, -0.1) is 0 Å². The van der Waals surface area contributed by atoms with Crippen LogP contribution in [-0.2, 0) is 10.7 Å². The molecular weight excluding hydrogens is 387 g/mol. The predicted octanol–water partition coefficient (Wildman–Crippen LogP) is 3.78. The second-order valence-corrected chi connectivity index (χ2v) is 6.14. The number of ether oxygens (including phenoxy) is 1. The van der Waals surface area contributed by atoms with Crippen molar-refractivity contribution in [3.05, 3.63) is 35.8 Å². The highest BCUT2D eigenvalue weighted by Crippen LogP contribution is 2.44. The molecule has 0 bridgehead atoms. The molecule has 0 aliphatic carbocycles. The van der Waals surface area contributed by atoms with Gasteiger partial charge in [0.1, 0.15) is 17.0 Å². The molecule has 0 aliphatic rings. The van der Waals surface area contributed by atoms with Gasteiger partial charge in [-0.3, -0.25) is 4.40 Å². The van der Waals surface area contributed by atoms with E-state index in [0.717, 1.165) is 0 Å². The Morgan fingerprint density at radius 1 is 1.18 bits per heavy atom. The van der Waals surface area contributed by atoms with E-state index >= 15 is 0 Å². The standard InChI is InChI=1S/C17H15F5N4O2/c1-4-28-15(27)10-8-26-13(23-10)6-5-9-11(25(2)3)7-12(24-14(9)26)16(18,19)17(20,21)22/h5-8H,4H2,1-3H3. The van der Waals surface area contributed by atoms with E-state index in [1.807, 2.05) is 0 Å². The largest absolute Gasteiger partial charge is 0.461 e. The molecule has 28 heavy (non-hydrogen) atoms. The molecule has 3 rings (SSSR count). The van der Waals surface area contributed by atoms with Gasteiger partial charge in [0.2, 0.25) is 0 Å². The Balaban J connectivity index is 2.34. The summed E-state index contributed by atoms with van der Waals surface area (Å²) in [6.07, 6.45) is -4.62. The monoisotopic (exact) mass is 402 g/mol. The number of rotatable bonds is 4. The molecule has 0 fully saturated rings. The zero-order valence-electron chi connectivity index (χ0n) is 15.0. The molecule has 0 aromatic carbocycles. The lowest BCUT2D eigenvalue weighted by molar-refractivity contribution is -0.290. The molecule has 0 aliphatic heterocycles. The van der Waals surface area contributed by atoms with Gasteiger partial charge in [0.15, 0.2) is 5.69 Å². The molecule has 0 radical (unpaired) electrons. The number of carbonyl (C=O) groups is 1. The average Bonchev–Trinajstić information content (AvgIpc) is 3.04. The third kappa shape index (κ3) is 3.10. The van der Waals surface area contributed by atoms with Crippen LogP contribution in [0.1, 0.15) is 23.1 Å². The highest BCUT2D eigenvalue weighted by molar-refractivity contribution is 5.93. The summed E-state index contributed by atoms with van der Waals surface area (Å²) in [5.74, 6) is -5.90. The van der Waals surface area contributed by atoms with Crippen LogP contribution >= 0.6 is 0 Å². The zero-order chi connectivity index (χ0) is 20.9. The van der Waals surface area contributed by atoms with Gasteiger partial charge in [-0.1, -0.05) is 0 Å². The van der Waals surface area contributed by atoms with E-state index in [0.29, 0.717) is 11.5 Å². The Hall–Kier alpha value is -2.98. The maximum atomic E-state index is 14.0. The molecule has 6 nitrogen and oxygen atoms in total.